The van der Waals surface area contributed by atoms with E-state index in [-0.39, 0.29) is 5.69 Å². The first-order valence-electron chi connectivity index (χ1n) is 5.53. The molecule has 8 heteroatoms. The zero-order valence-electron chi connectivity index (χ0n) is 10.3. The monoisotopic (exact) mass is 265 g/mol. The van der Waals surface area contributed by atoms with Crippen LogP contribution in [-0.2, 0) is 4.79 Å². The zero-order valence-corrected chi connectivity index (χ0v) is 10.3. The number of nitrogens with zero attached hydrogens (tertiary/aromatic N) is 4. The Morgan fingerprint density at radius 1 is 1.53 bits per heavy atom. The van der Waals surface area contributed by atoms with Crippen molar-refractivity contribution < 1.29 is 14.3 Å². The van der Waals surface area contributed by atoms with Crippen molar-refractivity contribution in [2.75, 3.05) is 5.32 Å². The highest BCUT2D eigenvalue weighted by Gasteiger charge is 2.13. The van der Waals surface area contributed by atoms with Gasteiger partial charge in [-0.2, -0.15) is 4.68 Å². The number of aliphatic hydroxyl groups excluding tert-OH is 1. The van der Waals surface area contributed by atoms with Crippen molar-refractivity contribution in [1.82, 2.24) is 20.2 Å². The molecule has 0 spiro atoms. The molecule has 1 heterocycles. The Hall–Kier alpha value is -2.35. The Morgan fingerprint density at radius 2 is 2.26 bits per heavy atom. The number of aryl methyl sites for hydroxylation is 1. The summed E-state index contributed by atoms with van der Waals surface area (Å²) < 4.78 is 14.9. The van der Waals surface area contributed by atoms with Gasteiger partial charge in [-0.25, -0.2) is 4.39 Å². The lowest BCUT2D eigenvalue weighted by atomic mass is 10.2. The molecule has 2 aromatic rings. The summed E-state index contributed by atoms with van der Waals surface area (Å²) in [6.07, 6.45) is -1.15. The number of halogens is 1. The summed E-state index contributed by atoms with van der Waals surface area (Å²) in [5.41, 5.74) is 0.461. The second-order valence-electron chi connectivity index (χ2n) is 3.97. The van der Waals surface area contributed by atoms with Crippen molar-refractivity contribution in [2.45, 2.75) is 20.0 Å². The zero-order chi connectivity index (χ0) is 14.0. The van der Waals surface area contributed by atoms with E-state index in [2.05, 4.69) is 20.8 Å². The predicted molar refractivity (Wildman–Crippen MR) is 64.2 cm³/mol. The molecule has 0 fully saturated rings. The lowest BCUT2D eigenvalue weighted by molar-refractivity contribution is -0.123. The molecule has 0 aliphatic rings. The molecule has 1 amide bonds. The topological polar surface area (TPSA) is 92.9 Å². The summed E-state index contributed by atoms with van der Waals surface area (Å²) in [7, 11) is 0. The molecule has 7 nitrogen and oxygen atoms in total. The van der Waals surface area contributed by atoms with Gasteiger partial charge in [-0.3, -0.25) is 4.79 Å². The third kappa shape index (κ3) is 2.74. The van der Waals surface area contributed by atoms with E-state index in [1.165, 1.54) is 29.8 Å². The van der Waals surface area contributed by atoms with Gasteiger partial charge in [0.2, 0.25) is 0 Å². The maximum Gasteiger partial charge on any atom is 0.252 e. The quantitative estimate of drug-likeness (QED) is 0.839. The molecule has 0 radical (unpaired) electrons. The van der Waals surface area contributed by atoms with Crippen molar-refractivity contribution in [3.05, 3.63) is 29.8 Å². The highest BCUT2D eigenvalue weighted by atomic mass is 19.1. The lowest BCUT2D eigenvalue weighted by Gasteiger charge is -2.09. The standard InChI is InChI=1S/C11H12FN5O2/c1-6(18)11(19)13-8-3-4-9(12)10(5-8)17-7(2)14-15-16-17/h3-6,18H,1-2H3,(H,13,19). The SMILES string of the molecule is Cc1nnnn1-c1cc(NC(=O)C(C)O)ccc1F. The van der Waals surface area contributed by atoms with Crippen LogP contribution < -0.4 is 5.32 Å². The molecule has 1 aromatic carbocycles. The number of carbonyl (C=O) groups excluding carboxylic acids is 1. The number of nitrogens with one attached hydrogen (secondary N) is 1. The molecular formula is C11H12FN5O2. The van der Waals surface area contributed by atoms with Gasteiger partial charge in [0.1, 0.15) is 17.6 Å². The average Bonchev–Trinajstić information content (AvgIpc) is 2.77. The van der Waals surface area contributed by atoms with Crippen molar-refractivity contribution in [1.29, 1.82) is 0 Å². The van der Waals surface area contributed by atoms with Gasteiger partial charge < -0.3 is 10.4 Å². The highest BCUT2D eigenvalue weighted by molar-refractivity contribution is 5.93. The fourth-order valence-electron chi connectivity index (χ4n) is 1.45. The van der Waals surface area contributed by atoms with Crippen molar-refractivity contribution in [3.8, 4) is 5.69 Å². The van der Waals surface area contributed by atoms with Crippen LogP contribution in [-0.4, -0.2) is 37.3 Å². The van der Waals surface area contributed by atoms with Crippen LogP contribution in [0.4, 0.5) is 10.1 Å². The Labute approximate surface area is 108 Å². The predicted octanol–water partition coefficient (Wildman–Crippen LogP) is 0.429. The number of rotatable bonds is 3. The number of anilines is 1. The van der Waals surface area contributed by atoms with Crippen LogP contribution in [0.2, 0.25) is 0 Å². The van der Waals surface area contributed by atoms with Gasteiger partial charge in [-0.05, 0) is 42.5 Å². The van der Waals surface area contributed by atoms with Gasteiger partial charge in [0.25, 0.3) is 5.91 Å². The van der Waals surface area contributed by atoms with Crippen LogP contribution >= 0.6 is 0 Å². The van der Waals surface area contributed by atoms with Crippen LogP contribution in [0.5, 0.6) is 0 Å². The number of hydrogen-bond donors (Lipinski definition) is 2. The molecule has 19 heavy (non-hydrogen) atoms. The summed E-state index contributed by atoms with van der Waals surface area (Å²) in [6.45, 7) is 2.96. The van der Waals surface area contributed by atoms with Crippen LogP contribution in [0.3, 0.4) is 0 Å². The molecule has 0 aliphatic heterocycles. The van der Waals surface area contributed by atoms with Gasteiger partial charge in [-0.1, -0.05) is 0 Å². The third-order valence-corrected chi connectivity index (χ3v) is 2.45. The van der Waals surface area contributed by atoms with E-state index in [0.717, 1.165) is 0 Å². The molecule has 1 atom stereocenters. The lowest BCUT2D eigenvalue weighted by Crippen LogP contribution is -2.24. The molecule has 1 aromatic heterocycles. The Bertz CT molecular complexity index is 611. The first kappa shape index (κ1) is 13.1. The maximum absolute atomic E-state index is 13.7. The fourth-order valence-corrected chi connectivity index (χ4v) is 1.45. The van der Waals surface area contributed by atoms with Crippen LogP contribution in [0.1, 0.15) is 12.7 Å². The summed E-state index contributed by atoms with van der Waals surface area (Å²) in [5.74, 6) is -0.686. The maximum atomic E-state index is 13.7. The Balaban J connectivity index is 2.36. The average molecular weight is 265 g/mol. The minimum Gasteiger partial charge on any atom is -0.384 e. The Morgan fingerprint density at radius 3 is 2.84 bits per heavy atom. The molecule has 0 bridgehead atoms. The van der Waals surface area contributed by atoms with E-state index in [4.69, 9.17) is 5.11 Å². The number of amides is 1. The minimum atomic E-state index is -1.15. The van der Waals surface area contributed by atoms with Gasteiger partial charge in [-0.15, -0.1) is 5.10 Å². The fraction of sp³-hybridized carbons (Fsp3) is 0.273. The second-order valence-corrected chi connectivity index (χ2v) is 3.97. The number of tetrazole rings is 1. The van der Waals surface area contributed by atoms with Crippen LogP contribution in [0.25, 0.3) is 5.69 Å². The molecule has 100 valence electrons. The summed E-state index contributed by atoms with van der Waals surface area (Å²) in [4.78, 5) is 11.4. The van der Waals surface area contributed by atoms with Crippen molar-refractivity contribution in [2.24, 2.45) is 0 Å². The Kier molecular flexibility index (Phi) is 3.52. The van der Waals surface area contributed by atoms with Gasteiger partial charge in [0.15, 0.2) is 5.82 Å². The number of hydrogen-bond acceptors (Lipinski definition) is 5. The molecule has 0 saturated heterocycles. The van der Waals surface area contributed by atoms with Crippen LogP contribution in [0.15, 0.2) is 18.2 Å². The van der Waals surface area contributed by atoms with Crippen molar-refractivity contribution >= 4 is 11.6 Å². The van der Waals surface area contributed by atoms with E-state index >= 15 is 0 Å². The van der Waals surface area contributed by atoms with E-state index in [0.29, 0.717) is 11.5 Å². The molecule has 2 N–H and O–H groups in total. The second kappa shape index (κ2) is 5.11. The van der Waals surface area contributed by atoms with Gasteiger partial charge in [0, 0.05) is 5.69 Å². The van der Waals surface area contributed by atoms with E-state index in [1.807, 2.05) is 0 Å². The van der Waals surface area contributed by atoms with E-state index in [1.54, 1.807) is 6.92 Å². The molecule has 1 unspecified atom stereocenters. The molecule has 0 aliphatic carbocycles. The minimum absolute atomic E-state index is 0.117. The van der Waals surface area contributed by atoms with Gasteiger partial charge in [0.05, 0.1) is 0 Å². The number of benzene rings is 1. The summed E-state index contributed by atoms with van der Waals surface area (Å²) in [6, 6.07) is 3.96. The first-order valence-corrected chi connectivity index (χ1v) is 5.53. The highest BCUT2D eigenvalue weighted by Crippen LogP contribution is 2.18. The van der Waals surface area contributed by atoms with Crippen LogP contribution in [0, 0.1) is 12.7 Å². The third-order valence-electron chi connectivity index (χ3n) is 2.45. The summed E-state index contributed by atoms with van der Waals surface area (Å²) in [5, 5.41) is 22.3. The number of aliphatic hydroxyl groups is 1. The molecule has 2 rings (SSSR count). The number of aromatic nitrogens is 4. The molecular weight excluding hydrogens is 253 g/mol. The van der Waals surface area contributed by atoms with Gasteiger partial charge >= 0.3 is 0 Å². The first-order chi connectivity index (χ1) is 8.99. The van der Waals surface area contributed by atoms with E-state index in [9.17, 15) is 9.18 Å². The summed E-state index contributed by atoms with van der Waals surface area (Å²) >= 11 is 0. The molecule has 0 saturated carbocycles. The smallest absolute Gasteiger partial charge is 0.252 e. The van der Waals surface area contributed by atoms with Crippen molar-refractivity contribution in [3.63, 3.8) is 0 Å². The van der Waals surface area contributed by atoms with E-state index < -0.39 is 17.8 Å². The number of carbonyl (C=O) groups is 1. The largest absolute Gasteiger partial charge is 0.384 e. The normalized spacial score (nSPS) is 12.2.